The monoisotopic (exact) mass is 474 g/mol. The first kappa shape index (κ1) is 25.6. The number of nitro benzene ring substituents is 1. The molecule has 0 spiro atoms. The number of nitro groups is 1. The number of hydrogen-bond acceptors (Lipinski definition) is 5. The highest BCUT2D eigenvalue weighted by atomic mass is 16.6. The van der Waals surface area contributed by atoms with Crippen molar-refractivity contribution >= 4 is 17.9 Å². The summed E-state index contributed by atoms with van der Waals surface area (Å²) in [6.45, 7) is 0.307. The molecule has 0 saturated carbocycles. The number of carbonyl (C=O) groups excluding carboxylic acids is 2. The molecule has 0 N–H and O–H groups in total. The Kier molecular flexibility index (Phi) is 9.54. The molecular formula is C28H30N2O5. The van der Waals surface area contributed by atoms with Gasteiger partial charge in [0.15, 0.2) is 12.0 Å². The molecule has 0 aromatic heterocycles. The summed E-state index contributed by atoms with van der Waals surface area (Å²) in [7, 11) is 1.85. The lowest BCUT2D eigenvalue weighted by molar-refractivity contribution is -0.386. The van der Waals surface area contributed by atoms with Crippen molar-refractivity contribution in [1.29, 1.82) is 0 Å². The number of aldehydes is 1. The summed E-state index contributed by atoms with van der Waals surface area (Å²) >= 11 is 0. The van der Waals surface area contributed by atoms with Gasteiger partial charge in [-0.3, -0.25) is 19.7 Å². The maximum Gasteiger partial charge on any atom is 0.321 e. The van der Waals surface area contributed by atoms with Crippen molar-refractivity contribution in [3.05, 3.63) is 106 Å². The Hall–Kier alpha value is -4.00. The Balaban J connectivity index is 1.46. The third kappa shape index (κ3) is 6.99. The smallest absolute Gasteiger partial charge is 0.321 e. The van der Waals surface area contributed by atoms with E-state index >= 15 is 0 Å². The van der Waals surface area contributed by atoms with Crippen molar-refractivity contribution in [2.24, 2.45) is 0 Å². The van der Waals surface area contributed by atoms with Crippen LogP contribution in [0.25, 0.3) is 0 Å². The molecule has 1 amide bonds. The van der Waals surface area contributed by atoms with Crippen molar-refractivity contribution < 1.29 is 19.2 Å². The van der Waals surface area contributed by atoms with Crippen LogP contribution in [0.3, 0.4) is 0 Å². The van der Waals surface area contributed by atoms with Crippen LogP contribution in [0.1, 0.15) is 59.6 Å². The quantitative estimate of drug-likeness (QED) is 0.131. The van der Waals surface area contributed by atoms with E-state index in [1.807, 2.05) is 72.6 Å². The fourth-order valence-corrected chi connectivity index (χ4v) is 4.09. The van der Waals surface area contributed by atoms with Gasteiger partial charge in [0.25, 0.3) is 0 Å². The molecule has 3 aromatic carbocycles. The number of unbranched alkanes of at least 4 members (excludes halogenated alkanes) is 3. The van der Waals surface area contributed by atoms with Crippen LogP contribution >= 0.6 is 0 Å². The van der Waals surface area contributed by atoms with E-state index in [2.05, 4.69) is 0 Å². The highest BCUT2D eigenvalue weighted by Crippen LogP contribution is 2.30. The van der Waals surface area contributed by atoms with Gasteiger partial charge in [-0.15, -0.1) is 0 Å². The van der Waals surface area contributed by atoms with Crippen LogP contribution in [-0.4, -0.2) is 35.7 Å². The SMILES string of the molecule is CN(C(=O)CCCCCCOc1cccc(C=O)c1[N+](=O)[O-])C(c1ccccc1)c1ccccc1. The predicted molar refractivity (Wildman–Crippen MR) is 135 cm³/mol. The fourth-order valence-electron chi connectivity index (χ4n) is 4.09. The Morgan fingerprint density at radius 3 is 2.09 bits per heavy atom. The Morgan fingerprint density at radius 2 is 1.51 bits per heavy atom. The van der Waals surface area contributed by atoms with Crippen LogP contribution in [0.15, 0.2) is 78.9 Å². The van der Waals surface area contributed by atoms with Crippen LogP contribution in [0.2, 0.25) is 0 Å². The van der Waals surface area contributed by atoms with E-state index in [-0.39, 0.29) is 28.9 Å². The highest BCUT2D eigenvalue weighted by molar-refractivity contribution is 5.83. The van der Waals surface area contributed by atoms with E-state index in [9.17, 15) is 19.7 Å². The van der Waals surface area contributed by atoms with Crippen LogP contribution < -0.4 is 4.74 Å². The maximum absolute atomic E-state index is 13.0. The molecular weight excluding hydrogens is 444 g/mol. The molecule has 3 rings (SSSR count). The lowest BCUT2D eigenvalue weighted by atomic mass is 9.97. The molecule has 0 fully saturated rings. The lowest BCUT2D eigenvalue weighted by Crippen LogP contribution is -2.31. The van der Waals surface area contributed by atoms with Crippen molar-refractivity contribution in [2.45, 2.75) is 38.1 Å². The van der Waals surface area contributed by atoms with Gasteiger partial charge in [-0.1, -0.05) is 79.6 Å². The number of ether oxygens (including phenoxy) is 1. The van der Waals surface area contributed by atoms with Crippen LogP contribution in [0.4, 0.5) is 5.69 Å². The van der Waals surface area contributed by atoms with Crippen LogP contribution in [0.5, 0.6) is 5.75 Å². The van der Waals surface area contributed by atoms with Gasteiger partial charge < -0.3 is 9.64 Å². The molecule has 0 aliphatic heterocycles. The Bertz CT molecular complexity index is 1080. The number of carbonyl (C=O) groups is 2. The van der Waals surface area contributed by atoms with Crippen molar-refractivity contribution in [2.75, 3.05) is 13.7 Å². The van der Waals surface area contributed by atoms with Crippen LogP contribution in [0, 0.1) is 10.1 Å². The summed E-state index contributed by atoms with van der Waals surface area (Å²) in [4.78, 5) is 36.5. The van der Waals surface area contributed by atoms with Crippen molar-refractivity contribution in [3.8, 4) is 5.75 Å². The zero-order chi connectivity index (χ0) is 25.0. The summed E-state index contributed by atoms with van der Waals surface area (Å²) in [5.74, 6) is 0.185. The molecule has 0 saturated heterocycles. The Morgan fingerprint density at radius 1 is 0.914 bits per heavy atom. The second-order valence-electron chi connectivity index (χ2n) is 8.31. The third-order valence-corrected chi connectivity index (χ3v) is 5.89. The molecule has 3 aromatic rings. The van der Waals surface area contributed by atoms with Crippen LogP contribution in [-0.2, 0) is 4.79 Å². The molecule has 0 atom stereocenters. The number of nitrogens with zero attached hydrogens (tertiary/aromatic N) is 2. The van der Waals surface area contributed by atoms with E-state index in [1.165, 1.54) is 12.1 Å². The van der Waals surface area contributed by atoms with Gasteiger partial charge in [-0.25, -0.2) is 0 Å². The minimum atomic E-state index is -0.598. The largest absolute Gasteiger partial charge is 0.487 e. The van der Waals surface area contributed by atoms with E-state index in [4.69, 9.17) is 4.74 Å². The topological polar surface area (TPSA) is 89.8 Å². The average molecular weight is 475 g/mol. The first-order chi connectivity index (χ1) is 17.0. The first-order valence-electron chi connectivity index (χ1n) is 11.7. The van der Waals surface area contributed by atoms with Gasteiger partial charge in [-0.05, 0) is 36.1 Å². The van der Waals surface area contributed by atoms with E-state index in [0.717, 1.165) is 30.4 Å². The molecule has 7 nitrogen and oxygen atoms in total. The first-order valence-corrected chi connectivity index (χ1v) is 11.7. The third-order valence-electron chi connectivity index (χ3n) is 5.89. The van der Waals surface area contributed by atoms with Gasteiger partial charge in [0.05, 0.1) is 23.1 Å². The summed E-state index contributed by atoms with van der Waals surface area (Å²) in [6, 6.07) is 24.3. The number of hydrogen-bond donors (Lipinski definition) is 0. The Labute approximate surface area is 205 Å². The van der Waals surface area contributed by atoms with Gasteiger partial charge in [0.2, 0.25) is 5.91 Å². The lowest BCUT2D eigenvalue weighted by Gasteiger charge is -2.29. The van der Waals surface area contributed by atoms with Gasteiger partial charge in [-0.2, -0.15) is 0 Å². The molecule has 182 valence electrons. The van der Waals surface area contributed by atoms with E-state index in [1.54, 1.807) is 6.07 Å². The molecule has 0 heterocycles. The van der Waals surface area contributed by atoms with Gasteiger partial charge in [0.1, 0.15) is 0 Å². The summed E-state index contributed by atoms with van der Waals surface area (Å²) in [6.07, 6.45) is 4.03. The second-order valence-corrected chi connectivity index (χ2v) is 8.31. The normalized spacial score (nSPS) is 10.7. The highest BCUT2D eigenvalue weighted by Gasteiger charge is 2.23. The summed E-state index contributed by atoms with van der Waals surface area (Å²) in [5, 5.41) is 11.3. The molecule has 7 heteroatoms. The van der Waals surface area contributed by atoms with Gasteiger partial charge in [0, 0.05) is 13.5 Å². The molecule has 0 aliphatic rings. The number of para-hydroxylation sites is 1. The molecule has 0 radical (unpaired) electrons. The zero-order valence-corrected chi connectivity index (χ0v) is 19.8. The zero-order valence-electron chi connectivity index (χ0n) is 19.8. The van der Waals surface area contributed by atoms with Crippen molar-refractivity contribution in [1.82, 2.24) is 4.90 Å². The molecule has 0 unspecified atom stereocenters. The maximum atomic E-state index is 13.0. The number of amides is 1. The molecule has 35 heavy (non-hydrogen) atoms. The molecule has 0 aliphatic carbocycles. The fraction of sp³-hybridized carbons (Fsp3) is 0.286. The standard InChI is InChI=1S/C28H30N2O5/c1-29(27(22-13-6-4-7-14-22)23-15-8-5-9-16-23)26(32)19-10-2-3-11-20-35-25-18-12-17-24(21-31)28(25)30(33)34/h4-9,12-18,21,27H,2-3,10-11,19-20H2,1H3. The minimum Gasteiger partial charge on any atom is -0.487 e. The number of rotatable bonds is 13. The second kappa shape index (κ2) is 13.0. The molecule has 0 bridgehead atoms. The summed E-state index contributed by atoms with van der Waals surface area (Å²) < 4.78 is 5.56. The average Bonchev–Trinajstić information content (AvgIpc) is 2.89. The van der Waals surface area contributed by atoms with E-state index in [0.29, 0.717) is 25.7 Å². The number of benzene rings is 3. The van der Waals surface area contributed by atoms with E-state index < -0.39 is 4.92 Å². The summed E-state index contributed by atoms with van der Waals surface area (Å²) in [5.41, 5.74) is 1.83. The van der Waals surface area contributed by atoms with Gasteiger partial charge >= 0.3 is 5.69 Å². The minimum absolute atomic E-state index is 0.000517. The van der Waals surface area contributed by atoms with Crippen molar-refractivity contribution in [3.63, 3.8) is 0 Å². The predicted octanol–water partition coefficient (Wildman–Crippen LogP) is 5.98.